The van der Waals surface area contributed by atoms with E-state index in [9.17, 15) is 0 Å². The van der Waals surface area contributed by atoms with Crippen molar-refractivity contribution < 1.29 is 4.74 Å². The highest BCUT2D eigenvalue weighted by Gasteiger charge is 2.02. The Morgan fingerprint density at radius 2 is 1.71 bits per heavy atom. The zero-order valence-corrected chi connectivity index (χ0v) is 11.0. The van der Waals surface area contributed by atoms with E-state index in [2.05, 4.69) is 37.3 Å². The lowest BCUT2D eigenvalue weighted by Crippen LogP contribution is -1.89. The van der Waals surface area contributed by atoms with Gasteiger partial charge >= 0.3 is 0 Å². The minimum Gasteiger partial charge on any atom is -0.496 e. The van der Waals surface area contributed by atoms with Gasteiger partial charge in [0.05, 0.1) is 7.11 Å². The van der Waals surface area contributed by atoms with Crippen LogP contribution in [0, 0.1) is 6.92 Å². The van der Waals surface area contributed by atoms with Gasteiger partial charge in [-0.05, 0) is 25.1 Å². The fourth-order valence-electron chi connectivity index (χ4n) is 1.62. The SMILES string of the molecule is COc1ccccc1CSc1ccc(C)cc1. The number of hydrogen-bond acceptors (Lipinski definition) is 2. The van der Waals surface area contributed by atoms with Crippen LogP contribution in [0.2, 0.25) is 0 Å². The Bertz CT molecular complexity index is 477. The first-order chi connectivity index (χ1) is 8.29. The molecule has 0 aliphatic heterocycles. The molecule has 0 aliphatic carbocycles. The molecule has 0 atom stereocenters. The quantitative estimate of drug-likeness (QED) is 0.742. The number of methoxy groups -OCH3 is 1. The third-order valence-electron chi connectivity index (χ3n) is 2.61. The Labute approximate surface area is 107 Å². The average Bonchev–Trinajstić information content (AvgIpc) is 2.38. The molecule has 0 saturated heterocycles. The van der Waals surface area contributed by atoms with Gasteiger partial charge in [0, 0.05) is 16.2 Å². The first kappa shape index (κ1) is 12.1. The maximum Gasteiger partial charge on any atom is 0.122 e. The van der Waals surface area contributed by atoms with Gasteiger partial charge in [-0.3, -0.25) is 0 Å². The normalized spacial score (nSPS) is 10.2. The Hall–Kier alpha value is -1.41. The molecule has 0 aliphatic rings. The summed E-state index contributed by atoms with van der Waals surface area (Å²) < 4.78 is 5.34. The Balaban J connectivity index is 2.04. The van der Waals surface area contributed by atoms with Crippen LogP contribution in [0.1, 0.15) is 11.1 Å². The van der Waals surface area contributed by atoms with Crippen molar-refractivity contribution >= 4 is 11.8 Å². The van der Waals surface area contributed by atoms with Crippen LogP contribution in [-0.4, -0.2) is 7.11 Å². The van der Waals surface area contributed by atoms with Gasteiger partial charge in [0.2, 0.25) is 0 Å². The van der Waals surface area contributed by atoms with Gasteiger partial charge in [0.15, 0.2) is 0 Å². The number of rotatable bonds is 4. The number of hydrogen-bond donors (Lipinski definition) is 0. The Morgan fingerprint density at radius 3 is 2.41 bits per heavy atom. The van der Waals surface area contributed by atoms with E-state index in [0.717, 1.165) is 11.5 Å². The van der Waals surface area contributed by atoms with Gasteiger partial charge in [-0.1, -0.05) is 35.9 Å². The van der Waals surface area contributed by atoms with E-state index in [1.807, 2.05) is 30.0 Å². The molecule has 0 heterocycles. The lowest BCUT2D eigenvalue weighted by molar-refractivity contribution is 0.411. The van der Waals surface area contributed by atoms with Crippen molar-refractivity contribution in [3.05, 3.63) is 59.7 Å². The van der Waals surface area contributed by atoms with Crippen molar-refractivity contribution in [2.75, 3.05) is 7.11 Å². The second kappa shape index (κ2) is 5.78. The zero-order valence-electron chi connectivity index (χ0n) is 10.1. The zero-order chi connectivity index (χ0) is 12.1. The van der Waals surface area contributed by atoms with E-state index in [0.29, 0.717) is 0 Å². The van der Waals surface area contributed by atoms with E-state index in [4.69, 9.17) is 4.74 Å². The van der Waals surface area contributed by atoms with E-state index >= 15 is 0 Å². The maximum absolute atomic E-state index is 5.34. The Kier molecular flexibility index (Phi) is 4.10. The number of aryl methyl sites for hydroxylation is 1. The summed E-state index contributed by atoms with van der Waals surface area (Å²) in [7, 11) is 1.72. The fourth-order valence-corrected chi connectivity index (χ4v) is 2.51. The van der Waals surface area contributed by atoms with Crippen molar-refractivity contribution in [1.29, 1.82) is 0 Å². The lowest BCUT2D eigenvalue weighted by Gasteiger charge is -2.07. The van der Waals surface area contributed by atoms with Gasteiger partial charge in [0.1, 0.15) is 5.75 Å². The van der Waals surface area contributed by atoms with E-state index in [1.165, 1.54) is 16.0 Å². The smallest absolute Gasteiger partial charge is 0.122 e. The molecule has 0 fully saturated rings. The molecular weight excluding hydrogens is 228 g/mol. The van der Waals surface area contributed by atoms with E-state index in [-0.39, 0.29) is 0 Å². The van der Waals surface area contributed by atoms with Crippen molar-refractivity contribution in [2.24, 2.45) is 0 Å². The van der Waals surface area contributed by atoms with Crippen LogP contribution in [0.4, 0.5) is 0 Å². The minimum absolute atomic E-state index is 0.938. The molecule has 1 nitrogen and oxygen atoms in total. The standard InChI is InChI=1S/C15H16OS/c1-12-7-9-14(10-8-12)17-11-13-5-3-4-6-15(13)16-2/h3-10H,11H2,1-2H3. The van der Waals surface area contributed by atoms with Crippen LogP contribution in [0.5, 0.6) is 5.75 Å². The summed E-state index contributed by atoms with van der Waals surface area (Å²) >= 11 is 1.83. The number of ether oxygens (including phenoxy) is 1. The first-order valence-corrected chi connectivity index (χ1v) is 6.59. The van der Waals surface area contributed by atoms with Crippen LogP contribution >= 0.6 is 11.8 Å². The highest BCUT2D eigenvalue weighted by molar-refractivity contribution is 7.98. The summed E-state index contributed by atoms with van der Waals surface area (Å²) in [5, 5.41) is 0. The van der Waals surface area contributed by atoms with Gasteiger partial charge in [-0.15, -0.1) is 11.8 Å². The number of para-hydroxylation sites is 1. The monoisotopic (exact) mass is 244 g/mol. The first-order valence-electron chi connectivity index (χ1n) is 5.61. The molecule has 0 radical (unpaired) electrons. The van der Waals surface area contributed by atoms with Crippen molar-refractivity contribution in [3.63, 3.8) is 0 Å². The summed E-state index contributed by atoms with van der Waals surface area (Å²) in [6.07, 6.45) is 0. The van der Waals surface area contributed by atoms with E-state index < -0.39 is 0 Å². The molecule has 0 saturated carbocycles. The largest absolute Gasteiger partial charge is 0.496 e. The minimum atomic E-state index is 0.938. The number of benzene rings is 2. The number of thioether (sulfide) groups is 1. The summed E-state index contributed by atoms with van der Waals surface area (Å²) in [6.45, 7) is 2.11. The molecule has 88 valence electrons. The molecule has 2 aromatic carbocycles. The van der Waals surface area contributed by atoms with Crippen molar-refractivity contribution in [2.45, 2.75) is 17.6 Å². The topological polar surface area (TPSA) is 9.23 Å². The molecule has 0 spiro atoms. The fraction of sp³-hybridized carbons (Fsp3) is 0.200. The molecule has 2 rings (SSSR count). The average molecular weight is 244 g/mol. The summed E-state index contributed by atoms with van der Waals surface area (Å²) in [5.74, 6) is 1.90. The van der Waals surface area contributed by atoms with Gasteiger partial charge in [-0.25, -0.2) is 0 Å². The second-order valence-corrected chi connectivity index (χ2v) is 4.96. The van der Waals surface area contributed by atoms with Crippen LogP contribution < -0.4 is 4.74 Å². The molecule has 0 bridgehead atoms. The van der Waals surface area contributed by atoms with Crippen LogP contribution in [0.25, 0.3) is 0 Å². The molecule has 2 aromatic rings. The highest BCUT2D eigenvalue weighted by Crippen LogP contribution is 2.27. The third-order valence-corrected chi connectivity index (χ3v) is 3.67. The van der Waals surface area contributed by atoms with E-state index in [1.54, 1.807) is 7.11 Å². The predicted molar refractivity (Wildman–Crippen MR) is 73.7 cm³/mol. The van der Waals surface area contributed by atoms with Gasteiger partial charge < -0.3 is 4.74 Å². The molecule has 0 unspecified atom stereocenters. The third kappa shape index (κ3) is 3.27. The summed E-state index contributed by atoms with van der Waals surface area (Å²) in [6, 6.07) is 16.8. The van der Waals surface area contributed by atoms with Gasteiger partial charge in [0.25, 0.3) is 0 Å². The summed E-state index contributed by atoms with van der Waals surface area (Å²) in [4.78, 5) is 1.29. The molecule has 17 heavy (non-hydrogen) atoms. The highest BCUT2D eigenvalue weighted by atomic mass is 32.2. The second-order valence-electron chi connectivity index (χ2n) is 3.91. The molecule has 0 N–H and O–H groups in total. The summed E-state index contributed by atoms with van der Waals surface area (Å²) in [5.41, 5.74) is 2.53. The molecule has 2 heteroatoms. The maximum atomic E-state index is 5.34. The molecule has 0 aromatic heterocycles. The van der Waals surface area contributed by atoms with Crippen LogP contribution in [0.3, 0.4) is 0 Å². The Morgan fingerprint density at radius 1 is 1.00 bits per heavy atom. The van der Waals surface area contributed by atoms with Gasteiger partial charge in [-0.2, -0.15) is 0 Å². The molecule has 0 amide bonds. The van der Waals surface area contributed by atoms with Crippen molar-refractivity contribution in [3.8, 4) is 5.75 Å². The molecular formula is C15H16OS. The van der Waals surface area contributed by atoms with Crippen molar-refractivity contribution in [1.82, 2.24) is 0 Å². The predicted octanol–water partition coefficient (Wildman–Crippen LogP) is 4.30. The lowest BCUT2D eigenvalue weighted by atomic mass is 10.2. The van der Waals surface area contributed by atoms with Crippen LogP contribution in [0.15, 0.2) is 53.4 Å². The van der Waals surface area contributed by atoms with Crippen LogP contribution in [-0.2, 0) is 5.75 Å².